The highest BCUT2D eigenvalue weighted by molar-refractivity contribution is 7.07. The van der Waals surface area contributed by atoms with Crippen molar-refractivity contribution in [2.24, 2.45) is 0 Å². The number of benzene rings is 1. The van der Waals surface area contributed by atoms with Crippen LogP contribution in [0.1, 0.15) is 11.5 Å². The lowest BCUT2D eigenvalue weighted by atomic mass is 10.2. The topological polar surface area (TPSA) is 90.6 Å². The van der Waals surface area contributed by atoms with Crippen LogP contribution in [0.15, 0.2) is 39.2 Å². The van der Waals surface area contributed by atoms with Gasteiger partial charge in [0.15, 0.2) is 0 Å². The Morgan fingerprint density at radius 3 is 2.80 bits per heavy atom. The predicted molar refractivity (Wildman–Crippen MR) is 77.8 cm³/mol. The van der Waals surface area contributed by atoms with Crippen molar-refractivity contribution in [2.75, 3.05) is 0 Å². The van der Waals surface area contributed by atoms with Gasteiger partial charge < -0.3 is 15.3 Å². The van der Waals surface area contributed by atoms with Gasteiger partial charge >= 0.3 is 4.87 Å². The molecule has 0 saturated carbocycles. The highest BCUT2D eigenvalue weighted by Crippen LogP contribution is 2.05. The largest absolute Gasteiger partial charge is 0.315 e. The van der Waals surface area contributed by atoms with Gasteiger partial charge in [0, 0.05) is 17.6 Å². The zero-order valence-electron chi connectivity index (χ0n) is 10.5. The van der Waals surface area contributed by atoms with Crippen molar-refractivity contribution in [3.63, 3.8) is 0 Å². The number of aromatic amines is 2. The molecule has 0 saturated heterocycles. The van der Waals surface area contributed by atoms with Gasteiger partial charge in [0.1, 0.15) is 5.82 Å². The van der Waals surface area contributed by atoms with Crippen LogP contribution in [0.25, 0.3) is 10.9 Å². The first-order valence-electron chi connectivity index (χ1n) is 6.08. The molecule has 2 aromatic heterocycles. The summed E-state index contributed by atoms with van der Waals surface area (Å²) in [4.78, 5) is 32.6. The van der Waals surface area contributed by atoms with Gasteiger partial charge in [-0.25, -0.2) is 4.98 Å². The van der Waals surface area contributed by atoms with E-state index in [1.807, 2.05) is 18.2 Å². The summed E-state index contributed by atoms with van der Waals surface area (Å²) in [5, 5.41) is 5.48. The van der Waals surface area contributed by atoms with E-state index in [1.54, 1.807) is 11.4 Å². The van der Waals surface area contributed by atoms with Crippen molar-refractivity contribution < 1.29 is 0 Å². The summed E-state index contributed by atoms with van der Waals surface area (Å²) in [6.07, 6.45) is 0. The molecule has 3 rings (SSSR count). The van der Waals surface area contributed by atoms with Crippen molar-refractivity contribution in [1.29, 1.82) is 0 Å². The summed E-state index contributed by atoms with van der Waals surface area (Å²) in [5.74, 6) is 0.575. The Hall–Kier alpha value is -2.25. The quantitative estimate of drug-likeness (QED) is 0.667. The minimum Gasteiger partial charge on any atom is -0.315 e. The monoisotopic (exact) mass is 288 g/mol. The fraction of sp³-hybridized carbons (Fsp3) is 0.154. The SMILES string of the molecule is O=c1[nH]c(CNCc2nc3ccccc3c(=O)[nH]2)cs1. The third-order valence-electron chi connectivity index (χ3n) is 2.84. The summed E-state index contributed by atoms with van der Waals surface area (Å²) in [7, 11) is 0. The van der Waals surface area contributed by atoms with Gasteiger partial charge in [-0.3, -0.25) is 9.59 Å². The van der Waals surface area contributed by atoms with Crippen molar-refractivity contribution >= 4 is 22.2 Å². The van der Waals surface area contributed by atoms with Gasteiger partial charge in [-0.15, -0.1) is 0 Å². The number of rotatable bonds is 4. The molecular weight excluding hydrogens is 276 g/mol. The molecule has 3 aromatic rings. The first kappa shape index (κ1) is 12.8. The van der Waals surface area contributed by atoms with Gasteiger partial charge in [-0.2, -0.15) is 0 Å². The van der Waals surface area contributed by atoms with Crippen LogP contribution in [0.5, 0.6) is 0 Å². The smallest absolute Gasteiger partial charge is 0.304 e. The Morgan fingerprint density at radius 2 is 2.00 bits per heavy atom. The van der Waals surface area contributed by atoms with Gasteiger partial charge in [-0.1, -0.05) is 23.5 Å². The molecule has 0 fully saturated rings. The van der Waals surface area contributed by atoms with Crippen LogP contribution in [-0.2, 0) is 13.1 Å². The Balaban J connectivity index is 1.74. The standard InChI is InChI=1S/C13H12N4O2S/c18-12-9-3-1-2-4-10(9)16-11(17-12)6-14-5-8-7-20-13(19)15-8/h1-4,7,14H,5-6H2,(H,15,19)(H,16,17,18). The molecule has 2 heterocycles. The number of thiazole rings is 1. The lowest BCUT2D eigenvalue weighted by molar-refractivity contribution is 0.654. The summed E-state index contributed by atoms with van der Waals surface area (Å²) in [5.41, 5.74) is 1.36. The molecule has 0 amide bonds. The van der Waals surface area contributed by atoms with Crippen molar-refractivity contribution in [3.05, 3.63) is 61.2 Å². The highest BCUT2D eigenvalue weighted by atomic mass is 32.1. The van der Waals surface area contributed by atoms with Crippen LogP contribution in [0.3, 0.4) is 0 Å². The molecule has 3 N–H and O–H groups in total. The molecule has 0 aliphatic heterocycles. The third kappa shape index (κ3) is 2.68. The van der Waals surface area contributed by atoms with E-state index in [0.717, 1.165) is 17.0 Å². The van der Waals surface area contributed by atoms with Crippen LogP contribution in [0, 0.1) is 0 Å². The van der Waals surface area contributed by atoms with E-state index in [-0.39, 0.29) is 10.4 Å². The maximum atomic E-state index is 11.9. The highest BCUT2D eigenvalue weighted by Gasteiger charge is 2.03. The number of nitrogens with zero attached hydrogens (tertiary/aromatic N) is 1. The van der Waals surface area contributed by atoms with E-state index >= 15 is 0 Å². The molecule has 0 spiro atoms. The minimum absolute atomic E-state index is 0.0703. The van der Waals surface area contributed by atoms with Crippen molar-refractivity contribution in [1.82, 2.24) is 20.3 Å². The van der Waals surface area contributed by atoms with Gasteiger partial charge in [-0.05, 0) is 12.1 Å². The molecule has 0 bridgehead atoms. The van der Waals surface area contributed by atoms with E-state index in [2.05, 4.69) is 20.3 Å². The van der Waals surface area contributed by atoms with Gasteiger partial charge in [0.2, 0.25) is 0 Å². The molecule has 1 aromatic carbocycles. The number of hydrogen-bond acceptors (Lipinski definition) is 5. The van der Waals surface area contributed by atoms with Gasteiger partial charge in [0.05, 0.1) is 17.4 Å². The number of hydrogen-bond donors (Lipinski definition) is 3. The zero-order valence-corrected chi connectivity index (χ0v) is 11.3. The van der Waals surface area contributed by atoms with E-state index in [0.29, 0.717) is 29.8 Å². The van der Waals surface area contributed by atoms with E-state index in [4.69, 9.17) is 0 Å². The number of nitrogens with one attached hydrogen (secondary N) is 3. The molecule has 6 nitrogen and oxygen atoms in total. The summed E-state index contributed by atoms with van der Waals surface area (Å²) >= 11 is 1.13. The van der Waals surface area contributed by atoms with Crippen LogP contribution in [0.2, 0.25) is 0 Å². The number of fused-ring (bicyclic) bond motifs is 1. The third-order valence-corrected chi connectivity index (χ3v) is 3.56. The van der Waals surface area contributed by atoms with E-state index < -0.39 is 0 Å². The fourth-order valence-electron chi connectivity index (χ4n) is 1.93. The number of para-hydroxylation sites is 1. The summed E-state index contributed by atoms with van der Waals surface area (Å²) in [6.45, 7) is 0.952. The first-order valence-corrected chi connectivity index (χ1v) is 6.96. The molecule has 0 aliphatic rings. The molecule has 0 radical (unpaired) electrons. The predicted octanol–water partition coefficient (Wildman–Crippen LogP) is 0.963. The Labute approximate surface area is 117 Å². The number of aromatic nitrogens is 3. The second-order valence-corrected chi connectivity index (χ2v) is 5.15. The molecule has 0 aliphatic carbocycles. The molecule has 0 atom stereocenters. The maximum Gasteiger partial charge on any atom is 0.304 e. The molecule has 7 heteroatoms. The zero-order chi connectivity index (χ0) is 13.9. The molecule has 102 valence electrons. The molecule has 20 heavy (non-hydrogen) atoms. The van der Waals surface area contributed by atoms with Crippen LogP contribution >= 0.6 is 11.3 Å². The average Bonchev–Trinajstić information content (AvgIpc) is 2.85. The fourth-order valence-corrected chi connectivity index (χ4v) is 2.52. The first-order chi connectivity index (χ1) is 9.72. The minimum atomic E-state index is -0.142. The van der Waals surface area contributed by atoms with E-state index in [1.165, 1.54) is 0 Å². The van der Waals surface area contributed by atoms with Crippen LogP contribution in [0.4, 0.5) is 0 Å². The normalized spacial score (nSPS) is 11.0. The van der Waals surface area contributed by atoms with Crippen molar-refractivity contribution in [2.45, 2.75) is 13.1 Å². The average molecular weight is 288 g/mol. The number of H-pyrrole nitrogens is 2. The lowest BCUT2D eigenvalue weighted by Crippen LogP contribution is -2.19. The Bertz CT molecular complexity index is 849. The Morgan fingerprint density at radius 1 is 1.15 bits per heavy atom. The molecule has 0 unspecified atom stereocenters. The summed E-state index contributed by atoms with van der Waals surface area (Å²) in [6, 6.07) is 7.21. The second kappa shape index (κ2) is 5.40. The molecular formula is C13H12N4O2S. The Kier molecular flexibility index (Phi) is 3.44. The van der Waals surface area contributed by atoms with E-state index in [9.17, 15) is 9.59 Å². The second-order valence-electron chi connectivity index (χ2n) is 4.31. The summed E-state index contributed by atoms with van der Waals surface area (Å²) < 4.78 is 0. The van der Waals surface area contributed by atoms with Crippen LogP contribution in [-0.4, -0.2) is 15.0 Å². The maximum absolute atomic E-state index is 11.9. The lowest BCUT2D eigenvalue weighted by Gasteiger charge is -2.04. The van der Waals surface area contributed by atoms with Crippen LogP contribution < -0.4 is 15.7 Å². The van der Waals surface area contributed by atoms with Crippen molar-refractivity contribution in [3.8, 4) is 0 Å². The van der Waals surface area contributed by atoms with Gasteiger partial charge in [0.25, 0.3) is 5.56 Å².